The number of hydrogen-bond donors (Lipinski definition) is 0. The molecule has 2 atom stereocenters. The first kappa shape index (κ1) is 17.3. The number of ether oxygens (including phenoxy) is 1. The maximum Gasteiger partial charge on any atom is 0.306 e. The van der Waals surface area contributed by atoms with Crippen molar-refractivity contribution in [2.24, 2.45) is 11.8 Å². The lowest BCUT2D eigenvalue weighted by molar-refractivity contribution is -0.147. The van der Waals surface area contributed by atoms with Crippen LogP contribution >= 0.6 is 23.2 Å². The Bertz CT molecular complexity index is 557. The molecule has 0 bridgehead atoms. The van der Waals surface area contributed by atoms with Gasteiger partial charge in [-0.25, -0.2) is 0 Å². The van der Waals surface area contributed by atoms with Crippen LogP contribution in [0.25, 0.3) is 0 Å². The fourth-order valence-electron chi connectivity index (χ4n) is 3.01. The highest BCUT2D eigenvalue weighted by Crippen LogP contribution is 2.32. The molecule has 1 saturated carbocycles. The Labute approximate surface area is 140 Å². The maximum atomic E-state index is 12.6. The third-order valence-corrected chi connectivity index (χ3v) is 4.70. The Morgan fingerprint density at radius 3 is 2.68 bits per heavy atom. The number of ketones is 1. The van der Waals surface area contributed by atoms with E-state index < -0.39 is 0 Å². The van der Waals surface area contributed by atoms with Gasteiger partial charge in [-0.2, -0.15) is 0 Å². The van der Waals surface area contributed by atoms with Crippen LogP contribution in [-0.2, 0) is 20.7 Å². The van der Waals surface area contributed by atoms with E-state index in [-0.39, 0.29) is 30.0 Å². The molecule has 0 amide bonds. The van der Waals surface area contributed by atoms with E-state index in [2.05, 4.69) is 0 Å². The van der Waals surface area contributed by atoms with Gasteiger partial charge in [-0.3, -0.25) is 9.59 Å². The van der Waals surface area contributed by atoms with Gasteiger partial charge in [0.15, 0.2) is 0 Å². The zero-order valence-corrected chi connectivity index (χ0v) is 14.1. The number of esters is 1. The number of hydrogen-bond acceptors (Lipinski definition) is 3. The van der Waals surface area contributed by atoms with E-state index in [1.54, 1.807) is 19.1 Å². The molecule has 1 aromatic rings. The van der Waals surface area contributed by atoms with E-state index in [0.717, 1.165) is 24.8 Å². The number of benzene rings is 1. The number of carbonyl (C=O) groups excluding carboxylic acids is 2. The van der Waals surface area contributed by atoms with Gasteiger partial charge < -0.3 is 4.74 Å². The Balaban J connectivity index is 2.02. The van der Waals surface area contributed by atoms with Crippen LogP contribution in [0.3, 0.4) is 0 Å². The van der Waals surface area contributed by atoms with Crippen LogP contribution in [0.2, 0.25) is 10.0 Å². The molecule has 0 radical (unpaired) electrons. The van der Waals surface area contributed by atoms with Crippen molar-refractivity contribution in [1.82, 2.24) is 0 Å². The average molecular weight is 343 g/mol. The summed E-state index contributed by atoms with van der Waals surface area (Å²) < 4.78 is 4.95. The summed E-state index contributed by atoms with van der Waals surface area (Å²) in [4.78, 5) is 24.2. The molecule has 1 aliphatic rings. The standard InChI is InChI=1S/C17H20Cl2O3/c1-2-22-16(20)9-13-5-3-4-12(17(13)21)8-11-6-7-14(18)10-15(11)19/h6-7,10,12-13H,2-5,8-9H2,1H3. The lowest BCUT2D eigenvalue weighted by atomic mass is 9.76. The predicted octanol–water partition coefficient (Wildman–Crippen LogP) is 4.47. The number of Topliss-reactive ketones (excluding diaryl/α,β-unsaturated/α-hetero) is 1. The SMILES string of the molecule is CCOC(=O)CC1CCCC(Cc2ccc(Cl)cc2Cl)C1=O. The van der Waals surface area contributed by atoms with E-state index in [1.165, 1.54) is 0 Å². The minimum absolute atomic E-state index is 0.0770. The molecule has 0 spiro atoms. The van der Waals surface area contributed by atoms with Crippen molar-refractivity contribution in [3.63, 3.8) is 0 Å². The minimum atomic E-state index is -0.286. The van der Waals surface area contributed by atoms with Crippen LogP contribution in [0.1, 0.15) is 38.2 Å². The first-order valence-corrected chi connectivity index (χ1v) is 8.40. The molecule has 0 aromatic heterocycles. The highest BCUT2D eigenvalue weighted by Gasteiger charge is 2.33. The quantitative estimate of drug-likeness (QED) is 0.741. The summed E-state index contributed by atoms with van der Waals surface area (Å²) in [6, 6.07) is 5.35. The van der Waals surface area contributed by atoms with Crippen molar-refractivity contribution in [3.8, 4) is 0 Å². The summed E-state index contributed by atoms with van der Waals surface area (Å²) in [5.74, 6) is -0.424. The monoisotopic (exact) mass is 342 g/mol. The largest absolute Gasteiger partial charge is 0.466 e. The molecule has 2 rings (SSSR count). The third kappa shape index (κ3) is 4.47. The highest BCUT2D eigenvalue weighted by molar-refractivity contribution is 6.35. The van der Waals surface area contributed by atoms with Crippen molar-refractivity contribution >= 4 is 35.0 Å². The molecule has 0 N–H and O–H groups in total. The molecular weight excluding hydrogens is 323 g/mol. The van der Waals surface area contributed by atoms with Crippen LogP contribution < -0.4 is 0 Å². The Morgan fingerprint density at radius 1 is 1.27 bits per heavy atom. The Kier molecular flexibility index (Phi) is 6.27. The number of carbonyl (C=O) groups is 2. The summed E-state index contributed by atoms with van der Waals surface area (Å²) in [5, 5.41) is 1.18. The summed E-state index contributed by atoms with van der Waals surface area (Å²) in [6.45, 7) is 2.12. The van der Waals surface area contributed by atoms with Crippen molar-refractivity contribution in [2.45, 2.75) is 39.0 Å². The summed E-state index contributed by atoms with van der Waals surface area (Å²) >= 11 is 12.1. The predicted molar refractivity (Wildman–Crippen MR) is 87.3 cm³/mol. The van der Waals surface area contributed by atoms with E-state index >= 15 is 0 Å². The van der Waals surface area contributed by atoms with Crippen LogP contribution in [-0.4, -0.2) is 18.4 Å². The van der Waals surface area contributed by atoms with E-state index in [9.17, 15) is 9.59 Å². The van der Waals surface area contributed by atoms with Gasteiger partial charge in [0.05, 0.1) is 13.0 Å². The molecular formula is C17H20Cl2O3. The highest BCUT2D eigenvalue weighted by atomic mass is 35.5. The van der Waals surface area contributed by atoms with Gasteiger partial charge >= 0.3 is 5.97 Å². The molecule has 1 aliphatic carbocycles. The minimum Gasteiger partial charge on any atom is -0.466 e. The normalized spacial score (nSPS) is 21.7. The molecule has 22 heavy (non-hydrogen) atoms. The molecule has 120 valence electrons. The van der Waals surface area contributed by atoms with Crippen molar-refractivity contribution in [3.05, 3.63) is 33.8 Å². The molecule has 5 heteroatoms. The summed E-state index contributed by atoms with van der Waals surface area (Å²) in [6.07, 6.45) is 3.36. The lowest BCUT2D eigenvalue weighted by Gasteiger charge is -2.27. The van der Waals surface area contributed by atoms with Crippen LogP contribution in [0.5, 0.6) is 0 Å². The third-order valence-electron chi connectivity index (χ3n) is 4.11. The topological polar surface area (TPSA) is 43.4 Å². The van der Waals surface area contributed by atoms with Gasteiger partial charge in [0, 0.05) is 21.9 Å². The zero-order chi connectivity index (χ0) is 16.1. The fourth-order valence-corrected chi connectivity index (χ4v) is 3.49. The molecule has 0 aliphatic heterocycles. The molecule has 1 aromatic carbocycles. The van der Waals surface area contributed by atoms with Crippen molar-refractivity contribution < 1.29 is 14.3 Å². The average Bonchev–Trinajstić information content (AvgIpc) is 2.46. The summed E-state index contributed by atoms with van der Waals surface area (Å²) in [7, 11) is 0. The smallest absolute Gasteiger partial charge is 0.306 e. The summed E-state index contributed by atoms with van der Waals surface area (Å²) in [5.41, 5.74) is 0.932. The van der Waals surface area contributed by atoms with Gasteiger partial charge in [-0.05, 0) is 43.9 Å². The first-order chi connectivity index (χ1) is 10.5. The van der Waals surface area contributed by atoms with Gasteiger partial charge in [0.1, 0.15) is 5.78 Å². The van der Waals surface area contributed by atoms with Gasteiger partial charge in [0.25, 0.3) is 0 Å². The second kappa shape index (κ2) is 7.98. The number of halogens is 2. The molecule has 1 fully saturated rings. The molecule has 3 nitrogen and oxygen atoms in total. The maximum absolute atomic E-state index is 12.6. The van der Waals surface area contributed by atoms with Crippen molar-refractivity contribution in [2.75, 3.05) is 6.61 Å². The fraction of sp³-hybridized carbons (Fsp3) is 0.529. The molecule has 0 saturated heterocycles. The van der Waals surface area contributed by atoms with E-state index in [4.69, 9.17) is 27.9 Å². The van der Waals surface area contributed by atoms with E-state index in [1.807, 2.05) is 6.07 Å². The van der Waals surface area contributed by atoms with Gasteiger partial charge in [0.2, 0.25) is 0 Å². The van der Waals surface area contributed by atoms with Crippen molar-refractivity contribution in [1.29, 1.82) is 0 Å². The molecule has 0 heterocycles. The first-order valence-electron chi connectivity index (χ1n) is 7.64. The van der Waals surface area contributed by atoms with Crippen LogP contribution in [0.15, 0.2) is 18.2 Å². The van der Waals surface area contributed by atoms with Crippen LogP contribution in [0.4, 0.5) is 0 Å². The van der Waals surface area contributed by atoms with Gasteiger partial charge in [-0.1, -0.05) is 35.7 Å². The second-order valence-corrected chi connectivity index (χ2v) is 6.52. The van der Waals surface area contributed by atoms with Gasteiger partial charge in [-0.15, -0.1) is 0 Å². The second-order valence-electron chi connectivity index (χ2n) is 5.68. The van der Waals surface area contributed by atoms with E-state index in [0.29, 0.717) is 23.1 Å². The lowest BCUT2D eigenvalue weighted by Crippen LogP contribution is -2.31. The molecule has 2 unspecified atom stereocenters. The zero-order valence-electron chi connectivity index (χ0n) is 12.6. The number of rotatable bonds is 5. The Hall–Kier alpha value is -1.06. The van der Waals surface area contributed by atoms with Crippen LogP contribution in [0, 0.1) is 11.8 Å². The Morgan fingerprint density at radius 2 is 2.00 bits per heavy atom.